The average molecular weight is 212 g/mol. The third-order valence-electron chi connectivity index (χ3n) is 3.45. The maximum atomic E-state index is 11.8. The molecule has 0 aromatic rings. The molecule has 1 N–H and O–H groups in total. The molecule has 0 bridgehead atoms. The van der Waals surface area contributed by atoms with Crippen LogP contribution < -0.4 is 0 Å². The van der Waals surface area contributed by atoms with Crippen LogP contribution in [0.3, 0.4) is 0 Å². The van der Waals surface area contributed by atoms with Gasteiger partial charge < -0.3 is 10.0 Å². The smallest absolute Gasteiger partial charge is 0.236 e. The van der Waals surface area contributed by atoms with Crippen molar-refractivity contribution in [2.45, 2.75) is 19.3 Å². The molecule has 2 saturated heterocycles. The lowest BCUT2D eigenvalue weighted by atomic mass is 10.1. The number of hydrogen-bond donors (Lipinski definition) is 1. The second-order valence-corrected chi connectivity index (χ2v) is 4.66. The Morgan fingerprint density at radius 2 is 2.00 bits per heavy atom. The molecule has 4 nitrogen and oxygen atoms in total. The quantitative estimate of drug-likeness (QED) is 0.712. The number of aliphatic hydroxyl groups is 1. The highest BCUT2D eigenvalue weighted by Gasteiger charge is 2.26. The number of aliphatic hydroxyl groups excluding tert-OH is 1. The maximum absolute atomic E-state index is 11.8. The van der Waals surface area contributed by atoms with E-state index in [0.717, 1.165) is 45.4 Å². The molecule has 0 aliphatic carbocycles. The lowest BCUT2D eigenvalue weighted by molar-refractivity contribution is -0.131. The molecule has 0 aromatic carbocycles. The van der Waals surface area contributed by atoms with Gasteiger partial charge in [0.1, 0.15) is 0 Å². The summed E-state index contributed by atoms with van der Waals surface area (Å²) in [6.45, 7) is 4.54. The molecule has 2 rings (SSSR count). The molecule has 2 fully saturated rings. The molecule has 2 aliphatic rings. The number of carbonyl (C=O) groups excluding carboxylic acids is 1. The summed E-state index contributed by atoms with van der Waals surface area (Å²) in [6.07, 6.45) is 3.35. The zero-order chi connectivity index (χ0) is 10.7. The van der Waals surface area contributed by atoms with E-state index in [9.17, 15) is 4.79 Å². The lowest BCUT2D eigenvalue weighted by Crippen LogP contribution is -2.38. The Morgan fingerprint density at radius 3 is 2.60 bits per heavy atom. The van der Waals surface area contributed by atoms with Crippen LogP contribution in [0, 0.1) is 5.92 Å². The van der Waals surface area contributed by atoms with Gasteiger partial charge in [0.2, 0.25) is 5.91 Å². The summed E-state index contributed by atoms with van der Waals surface area (Å²) in [5, 5.41) is 9.01. The zero-order valence-corrected chi connectivity index (χ0v) is 9.19. The Hall–Kier alpha value is -0.610. The van der Waals surface area contributed by atoms with Gasteiger partial charge in [0.15, 0.2) is 0 Å². The molecule has 4 heteroatoms. The Balaban J connectivity index is 1.74. The van der Waals surface area contributed by atoms with Gasteiger partial charge in [-0.3, -0.25) is 9.69 Å². The first kappa shape index (κ1) is 10.9. The van der Waals surface area contributed by atoms with Crippen molar-refractivity contribution in [3.63, 3.8) is 0 Å². The Labute approximate surface area is 90.9 Å². The summed E-state index contributed by atoms with van der Waals surface area (Å²) >= 11 is 0. The van der Waals surface area contributed by atoms with Crippen molar-refractivity contribution >= 4 is 5.91 Å². The lowest BCUT2D eigenvalue weighted by Gasteiger charge is -2.20. The van der Waals surface area contributed by atoms with Crippen LogP contribution in [-0.2, 0) is 4.79 Å². The van der Waals surface area contributed by atoms with Gasteiger partial charge in [0, 0.05) is 26.2 Å². The number of amides is 1. The summed E-state index contributed by atoms with van der Waals surface area (Å²) in [5.41, 5.74) is 0. The van der Waals surface area contributed by atoms with Crippen molar-refractivity contribution in [2.24, 2.45) is 5.92 Å². The van der Waals surface area contributed by atoms with Gasteiger partial charge >= 0.3 is 0 Å². The summed E-state index contributed by atoms with van der Waals surface area (Å²) in [6, 6.07) is 0. The summed E-state index contributed by atoms with van der Waals surface area (Å²) in [7, 11) is 0. The molecule has 0 spiro atoms. The molecule has 2 heterocycles. The number of carbonyl (C=O) groups is 1. The highest BCUT2D eigenvalue weighted by Crippen LogP contribution is 2.16. The Bertz CT molecular complexity index is 227. The van der Waals surface area contributed by atoms with Gasteiger partial charge in [-0.1, -0.05) is 0 Å². The molecule has 0 aromatic heterocycles. The predicted octanol–water partition coefficient (Wildman–Crippen LogP) is -0.0770. The van der Waals surface area contributed by atoms with Gasteiger partial charge in [-0.25, -0.2) is 0 Å². The van der Waals surface area contributed by atoms with E-state index in [4.69, 9.17) is 5.11 Å². The standard InChI is InChI=1S/C11H20N2O2/c14-9-10-3-6-12(7-10)8-11(15)13-4-1-2-5-13/h10,14H,1-9H2/t10-/m0/s1. The third kappa shape index (κ3) is 2.69. The molecule has 15 heavy (non-hydrogen) atoms. The molecule has 1 amide bonds. The predicted molar refractivity (Wildman–Crippen MR) is 57.4 cm³/mol. The number of likely N-dealkylation sites (tertiary alicyclic amines) is 2. The van der Waals surface area contributed by atoms with Crippen molar-refractivity contribution in [1.82, 2.24) is 9.80 Å². The van der Waals surface area contributed by atoms with Crippen LogP contribution in [-0.4, -0.2) is 60.1 Å². The van der Waals surface area contributed by atoms with E-state index < -0.39 is 0 Å². The fourth-order valence-corrected chi connectivity index (χ4v) is 2.46. The van der Waals surface area contributed by atoms with Gasteiger partial charge in [-0.15, -0.1) is 0 Å². The van der Waals surface area contributed by atoms with Gasteiger partial charge in [-0.05, 0) is 31.7 Å². The number of nitrogens with zero attached hydrogens (tertiary/aromatic N) is 2. The summed E-state index contributed by atoms with van der Waals surface area (Å²) < 4.78 is 0. The van der Waals surface area contributed by atoms with Crippen molar-refractivity contribution < 1.29 is 9.90 Å². The molecular formula is C11H20N2O2. The van der Waals surface area contributed by atoms with E-state index >= 15 is 0 Å². The normalized spacial score (nSPS) is 27.5. The highest BCUT2D eigenvalue weighted by molar-refractivity contribution is 5.78. The van der Waals surface area contributed by atoms with Crippen molar-refractivity contribution in [1.29, 1.82) is 0 Å². The SMILES string of the molecule is O=C(CN1CC[C@H](CO)C1)N1CCCC1. The first-order valence-corrected chi connectivity index (χ1v) is 5.90. The number of hydrogen-bond acceptors (Lipinski definition) is 3. The van der Waals surface area contributed by atoms with Crippen molar-refractivity contribution in [2.75, 3.05) is 39.3 Å². The first-order chi connectivity index (χ1) is 7.29. The van der Waals surface area contributed by atoms with Crippen molar-refractivity contribution in [3.05, 3.63) is 0 Å². The van der Waals surface area contributed by atoms with E-state index in [0.29, 0.717) is 12.5 Å². The molecule has 1 atom stereocenters. The minimum Gasteiger partial charge on any atom is -0.396 e. The zero-order valence-electron chi connectivity index (χ0n) is 9.19. The van der Waals surface area contributed by atoms with Gasteiger partial charge in [0.25, 0.3) is 0 Å². The van der Waals surface area contributed by atoms with E-state index in [2.05, 4.69) is 4.90 Å². The van der Waals surface area contributed by atoms with Gasteiger partial charge in [-0.2, -0.15) is 0 Å². The third-order valence-corrected chi connectivity index (χ3v) is 3.45. The molecule has 86 valence electrons. The largest absolute Gasteiger partial charge is 0.396 e. The van der Waals surface area contributed by atoms with Crippen molar-refractivity contribution in [3.8, 4) is 0 Å². The fraction of sp³-hybridized carbons (Fsp3) is 0.909. The maximum Gasteiger partial charge on any atom is 0.236 e. The summed E-state index contributed by atoms with van der Waals surface area (Å²) in [4.78, 5) is 16.0. The minimum absolute atomic E-state index is 0.258. The van der Waals surface area contributed by atoms with Crippen LogP contribution >= 0.6 is 0 Å². The van der Waals surface area contributed by atoms with Crippen LogP contribution in [0.25, 0.3) is 0 Å². The van der Waals surface area contributed by atoms with Crippen LogP contribution in [0.15, 0.2) is 0 Å². The molecule has 2 aliphatic heterocycles. The number of rotatable bonds is 3. The fourth-order valence-electron chi connectivity index (χ4n) is 2.46. The van der Waals surface area contributed by atoms with Crippen LogP contribution in [0.4, 0.5) is 0 Å². The van der Waals surface area contributed by atoms with E-state index in [1.165, 1.54) is 0 Å². The molecule has 0 radical (unpaired) electrons. The van der Waals surface area contributed by atoms with E-state index in [-0.39, 0.29) is 12.5 Å². The molecule has 0 unspecified atom stereocenters. The van der Waals surface area contributed by atoms with Crippen LogP contribution in [0.1, 0.15) is 19.3 Å². The minimum atomic E-state index is 0.258. The Morgan fingerprint density at radius 1 is 1.27 bits per heavy atom. The summed E-state index contributed by atoms with van der Waals surface area (Å²) in [5.74, 6) is 0.655. The topological polar surface area (TPSA) is 43.8 Å². The molecule has 0 saturated carbocycles. The van der Waals surface area contributed by atoms with Crippen LogP contribution in [0.2, 0.25) is 0 Å². The van der Waals surface area contributed by atoms with E-state index in [1.54, 1.807) is 0 Å². The van der Waals surface area contributed by atoms with Gasteiger partial charge in [0.05, 0.1) is 6.54 Å². The average Bonchev–Trinajstić information content (AvgIpc) is 2.87. The first-order valence-electron chi connectivity index (χ1n) is 5.90. The van der Waals surface area contributed by atoms with E-state index in [1.807, 2.05) is 4.90 Å². The Kier molecular flexibility index (Phi) is 3.59. The second-order valence-electron chi connectivity index (χ2n) is 4.66. The monoisotopic (exact) mass is 212 g/mol. The second kappa shape index (κ2) is 4.94. The van der Waals surface area contributed by atoms with Crippen LogP contribution in [0.5, 0.6) is 0 Å². The highest BCUT2D eigenvalue weighted by atomic mass is 16.3. The molecular weight excluding hydrogens is 192 g/mol.